The Kier molecular flexibility index (Phi) is 8.54. The van der Waals surface area contributed by atoms with E-state index in [2.05, 4.69) is 258 Å². The summed E-state index contributed by atoms with van der Waals surface area (Å²) in [5.74, 6) is 0. The van der Waals surface area contributed by atoms with Crippen LogP contribution in [0.1, 0.15) is 22.3 Å². The highest BCUT2D eigenvalue weighted by Crippen LogP contribution is 2.56. The Morgan fingerprint density at radius 2 is 0.887 bits per heavy atom. The molecule has 14 aromatic rings. The molecule has 0 spiro atoms. The Hall–Kier alpha value is -9.38. The van der Waals surface area contributed by atoms with Crippen molar-refractivity contribution in [3.05, 3.63) is 277 Å². The molecule has 1 aliphatic rings. The fourth-order valence-electron chi connectivity index (χ4n) is 12.1. The minimum Gasteiger partial charge on any atom is -0.455 e. The summed E-state index contributed by atoms with van der Waals surface area (Å²) in [7, 11) is 0. The van der Waals surface area contributed by atoms with E-state index < -0.39 is 5.41 Å². The third kappa shape index (κ3) is 5.73. The Bertz CT molecular complexity index is 4360. The first-order valence-corrected chi connectivity index (χ1v) is 24.3. The third-order valence-electron chi connectivity index (χ3n) is 15.1. The zero-order chi connectivity index (χ0) is 46.6. The van der Waals surface area contributed by atoms with Crippen molar-refractivity contribution >= 4 is 82.7 Å². The summed E-state index contributed by atoms with van der Waals surface area (Å²) < 4.78 is 16.1. The summed E-state index contributed by atoms with van der Waals surface area (Å²) in [5.41, 5.74) is 19.1. The van der Waals surface area contributed by atoms with Crippen LogP contribution in [0, 0.1) is 0 Å². The van der Waals surface area contributed by atoms with Gasteiger partial charge in [-0.15, -0.1) is 0 Å². The van der Waals surface area contributed by atoms with Gasteiger partial charge in [0.05, 0.1) is 22.1 Å². The molecule has 0 unspecified atom stereocenters. The first-order chi connectivity index (χ1) is 35.2. The van der Waals surface area contributed by atoms with Crippen LogP contribution < -0.4 is 4.90 Å². The quantitative estimate of drug-likeness (QED) is 0.160. The summed E-state index contributed by atoms with van der Waals surface area (Å²) in [6.45, 7) is 0. The molecular weight excluding hydrogens is 865 g/mol. The van der Waals surface area contributed by atoms with Crippen molar-refractivity contribution in [2.45, 2.75) is 5.41 Å². The normalized spacial score (nSPS) is 12.9. The SMILES string of the molecule is c1ccc(-n2c3ccccc3c3ccc(N(c4ccc5oc6c(-c7ccc(C8(c9ccccc9)c9ccccc9-c9ccccc98)cc7)cccc6c5c4)c4cccc5c4oc4ccccc45)cc32)cc1. The molecule has 0 atom stereocenters. The lowest BCUT2D eigenvalue weighted by molar-refractivity contribution is 0.669. The van der Waals surface area contributed by atoms with Gasteiger partial charge in [-0.2, -0.15) is 0 Å². The van der Waals surface area contributed by atoms with Gasteiger partial charge in [-0.25, -0.2) is 0 Å². The molecule has 332 valence electrons. The zero-order valence-corrected chi connectivity index (χ0v) is 38.5. The Balaban J connectivity index is 0.902. The van der Waals surface area contributed by atoms with Gasteiger partial charge >= 0.3 is 0 Å². The van der Waals surface area contributed by atoms with E-state index in [1.807, 2.05) is 6.07 Å². The summed E-state index contributed by atoms with van der Waals surface area (Å²) in [6, 6.07) is 92.0. The molecule has 0 amide bonds. The Morgan fingerprint density at radius 1 is 0.338 bits per heavy atom. The predicted molar refractivity (Wildman–Crippen MR) is 293 cm³/mol. The van der Waals surface area contributed by atoms with E-state index in [0.717, 1.165) is 83.3 Å². The van der Waals surface area contributed by atoms with Gasteiger partial charge in [-0.05, 0) is 99.6 Å². The molecular formula is C67H42N2O2. The van der Waals surface area contributed by atoms with E-state index in [0.29, 0.717) is 0 Å². The van der Waals surface area contributed by atoms with E-state index in [4.69, 9.17) is 8.83 Å². The van der Waals surface area contributed by atoms with Crippen LogP contribution in [0.5, 0.6) is 0 Å². The van der Waals surface area contributed by atoms with Crippen LogP contribution in [0.15, 0.2) is 264 Å². The smallest absolute Gasteiger partial charge is 0.159 e. The molecule has 0 radical (unpaired) electrons. The number of benzene rings is 11. The summed E-state index contributed by atoms with van der Waals surface area (Å²) in [4.78, 5) is 2.35. The van der Waals surface area contributed by atoms with Gasteiger partial charge in [0.25, 0.3) is 0 Å². The molecule has 4 nitrogen and oxygen atoms in total. The van der Waals surface area contributed by atoms with Crippen LogP contribution in [-0.4, -0.2) is 4.57 Å². The Labute approximate surface area is 409 Å². The monoisotopic (exact) mass is 906 g/mol. The molecule has 3 heterocycles. The highest BCUT2D eigenvalue weighted by Gasteiger charge is 2.45. The van der Waals surface area contributed by atoms with Crippen LogP contribution in [0.25, 0.3) is 93.6 Å². The lowest BCUT2D eigenvalue weighted by atomic mass is 9.67. The van der Waals surface area contributed by atoms with E-state index >= 15 is 0 Å². The number of rotatable bonds is 7. The standard InChI is InChI=1S/C67H42N2O2/c1-3-17-44(18-4-1)67(58-28-11-7-21-50(58)51-22-8-12-29-59(51)67)45-35-33-43(34-36-45)49-25-15-26-56-57-41-47(38-40-64(57)70-65(49)56)68(61-31-16-27-55-54-24-10-14-32-63(54)71-66(55)61)48-37-39-53-52-23-9-13-30-60(52)69(62(53)42-48)46-19-5-2-6-20-46/h1-42H. The van der Waals surface area contributed by atoms with Crippen LogP contribution in [0.2, 0.25) is 0 Å². The van der Waals surface area contributed by atoms with E-state index in [1.54, 1.807) is 0 Å². The van der Waals surface area contributed by atoms with Crippen molar-refractivity contribution in [1.29, 1.82) is 0 Å². The van der Waals surface area contributed by atoms with Gasteiger partial charge in [0, 0.05) is 54.9 Å². The maximum Gasteiger partial charge on any atom is 0.159 e. The van der Waals surface area contributed by atoms with Crippen molar-refractivity contribution in [1.82, 2.24) is 4.57 Å². The Morgan fingerprint density at radius 3 is 1.68 bits per heavy atom. The molecule has 0 aliphatic heterocycles. The number of hydrogen-bond donors (Lipinski definition) is 0. The average molecular weight is 907 g/mol. The molecule has 3 aromatic heterocycles. The predicted octanol–water partition coefficient (Wildman–Crippen LogP) is 18.1. The molecule has 0 saturated heterocycles. The number of fused-ring (bicyclic) bond motifs is 12. The molecule has 11 aromatic carbocycles. The van der Waals surface area contributed by atoms with Gasteiger partial charge in [-0.1, -0.05) is 194 Å². The van der Waals surface area contributed by atoms with Crippen LogP contribution >= 0.6 is 0 Å². The van der Waals surface area contributed by atoms with E-state index in [-0.39, 0.29) is 0 Å². The largest absolute Gasteiger partial charge is 0.455 e. The number of nitrogens with zero attached hydrogens (tertiary/aromatic N) is 2. The lowest BCUT2D eigenvalue weighted by Crippen LogP contribution is -2.28. The number of hydrogen-bond acceptors (Lipinski definition) is 3. The molecule has 15 rings (SSSR count). The van der Waals surface area contributed by atoms with Gasteiger partial charge in [0.1, 0.15) is 16.7 Å². The van der Waals surface area contributed by atoms with E-state index in [1.165, 1.54) is 49.7 Å². The highest BCUT2D eigenvalue weighted by molar-refractivity contribution is 6.14. The maximum atomic E-state index is 6.92. The number of anilines is 3. The van der Waals surface area contributed by atoms with E-state index in [9.17, 15) is 0 Å². The van der Waals surface area contributed by atoms with Gasteiger partial charge in [-0.3, -0.25) is 0 Å². The molecule has 4 heteroatoms. The summed E-state index contributed by atoms with van der Waals surface area (Å²) in [6.07, 6.45) is 0. The van der Waals surface area contributed by atoms with Crippen LogP contribution in [-0.2, 0) is 5.41 Å². The van der Waals surface area contributed by atoms with Crippen LogP contribution in [0.3, 0.4) is 0 Å². The molecule has 0 fully saturated rings. The lowest BCUT2D eigenvalue weighted by Gasteiger charge is -2.34. The minimum atomic E-state index is -0.462. The molecule has 1 aliphatic carbocycles. The first-order valence-electron chi connectivity index (χ1n) is 24.3. The van der Waals surface area contributed by atoms with Gasteiger partial charge in [0.2, 0.25) is 0 Å². The molecule has 0 bridgehead atoms. The van der Waals surface area contributed by atoms with Gasteiger partial charge in [0.15, 0.2) is 5.58 Å². The summed E-state index contributed by atoms with van der Waals surface area (Å²) in [5, 5.41) is 6.67. The third-order valence-corrected chi connectivity index (χ3v) is 15.1. The van der Waals surface area contributed by atoms with Crippen molar-refractivity contribution in [3.63, 3.8) is 0 Å². The van der Waals surface area contributed by atoms with Gasteiger partial charge < -0.3 is 18.3 Å². The fraction of sp³-hybridized carbons (Fsp3) is 0.0149. The summed E-state index contributed by atoms with van der Waals surface area (Å²) >= 11 is 0. The second-order valence-electron chi connectivity index (χ2n) is 18.7. The van der Waals surface area contributed by atoms with Crippen molar-refractivity contribution in [3.8, 4) is 27.9 Å². The molecule has 0 N–H and O–H groups in total. The number of furan rings is 2. The molecule has 71 heavy (non-hydrogen) atoms. The topological polar surface area (TPSA) is 34.5 Å². The minimum absolute atomic E-state index is 0.462. The number of para-hydroxylation sites is 5. The fourth-order valence-corrected chi connectivity index (χ4v) is 12.1. The maximum absolute atomic E-state index is 6.92. The number of aromatic nitrogens is 1. The van der Waals surface area contributed by atoms with Crippen molar-refractivity contribution < 1.29 is 8.83 Å². The first kappa shape index (κ1) is 39.6. The van der Waals surface area contributed by atoms with Crippen molar-refractivity contribution in [2.24, 2.45) is 0 Å². The average Bonchev–Trinajstić information content (AvgIpc) is 4.19. The van der Waals surface area contributed by atoms with Crippen LogP contribution in [0.4, 0.5) is 17.1 Å². The highest BCUT2D eigenvalue weighted by atomic mass is 16.3. The van der Waals surface area contributed by atoms with Crippen molar-refractivity contribution in [2.75, 3.05) is 4.90 Å². The second kappa shape index (κ2) is 15.3. The zero-order valence-electron chi connectivity index (χ0n) is 38.5. The molecule has 0 saturated carbocycles. The second-order valence-corrected chi connectivity index (χ2v) is 18.7.